The maximum atomic E-state index is 12.5. The molecule has 4 rings (SSSR count). The van der Waals surface area contributed by atoms with Crippen LogP contribution < -0.4 is 10.9 Å². The molecule has 0 aliphatic heterocycles. The number of hydrogen-bond donors (Lipinski definition) is 1. The van der Waals surface area contributed by atoms with Crippen LogP contribution in [0.4, 0.5) is 5.69 Å². The molecule has 2 heterocycles. The van der Waals surface area contributed by atoms with Crippen LogP contribution in [0.5, 0.6) is 0 Å². The van der Waals surface area contributed by atoms with Gasteiger partial charge in [-0.25, -0.2) is 0 Å². The summed E-state index contributed by atoms with van der Waals surface area (Å²) in [6, 6.07) is 13.3. The monoisotopic (exact) mass is 353 g/mol. The highest BCUT2D eigenvalue weighted by atomic mass is 35.5. The van der Waals surface area contributed by atoms with Crippen LogP contribution in [0.15, 0.2) is 47.3 Å². The predicted molar refractivity (Wildman–Crippen MR) is 99.2 cm³/mol. The summed E-state index contributed by atoms with van der Waals surface area (Å²) in [6.45, 7) is 2.43. The molecular formula is C18H16ClN5O. The second-order valence-corrected chi connectivity index (χ2v) is 6.38. The first-order valence-electron chi connectivity index (χ1n) is 7.88. The zero-order valence-electron chi connectivity index (χ0n) is 13.8. The van der Waals surface area contributed by atoms with Gasteiger partial charge in [-0.3, -0.25) is 13.8 Å². The Balaban J connectivity index is 1.82. The number of anilines is 1. The zero-order valence-corrected chi connectivity index (χ0v) is 14.6. The maximum Gasteiger partial charge on any atom is 0.262 e. The van der Waals surface area contributed by atoms with Crippen molar-refractivity contribution in [3.05, 3.63) is 69.2 Å². The van der Waals surface area contributed by atoms with E-state index in [0.29, 0.717) is 28.6 Å². The molecule has 0 spiro atoms. The fraction of sp³-hybridized carbons (Fsp3) is 0.167. The normalized spacial score (nSPS) is 11.3. The summed E-state index contributed by atoms with van der Waals surface area (Å²) in [7, 11) is 1.70. The first-order valence-corrected chi connectivity index (χ1v) is 8.26. The lowest BCUT2D eigenvalue weighted by Gasteiger charge is -2.10. The Labute approximate surface area is 148 Å². The molecule has 2 aromatic heterocycles. The number of aryl methyl sites for hydroxylation is 2. The Morgan fingerprint density at radius 1 is 1.16 bits per heavy atom. The van der Waals surface area contributed by atoms with Gasteiger partial charge in [0.1, 0.15) is 0 Å². The number of benzene rings is 2. The van der Waals surface area contributed by atoms with E-state index in [1.165, 1.54) is 4.57 Å². The van der Waals surface area contributed by atoms with Gasteiger partial charge in [0.15, 0.2) is 5.82 Å². The van der Waals surface area contributed by atoms with Crippen LogP contribution in [0, 0.1) is 6.92 Å². The van der Waals surface area contributed by atoms with Crippen molar-refractivity contribution >= 4 is 34.0 Å². The fourth-order valence-electron chi connectivity index (χ4n) is 2.94. The Hall–Kier alpha value is -2.86. The standard InChI is InChI=1S/C18H16ClN5O/c1-11-7-8-14(13(19)9-11)20-10-16-21-22-18-23(2)17(25)12-5-3-4-6-15(12)24(16)18/h3-9,20H,10H2,1-2H3. The molecule has 0 amide bonds. The van der Waals surface area contributed by atoms with Crippen molar-refractivity contribution < 1.29 is 0 Å². The van der Waals surface area contributed by atoms with Crippen molar-refractivity contribution in [2.24, 2.45) is 7.05 Å². The smallest absolute Gasteiger partial charge is 0.262 e. The molecule has 1 N–H and O–H groups in total. The second kappa shape index (κ2) is 5.89. The van der Waals surface area contributed by atoms with Gasteiger partial charge in [0, 0.05) is 7.05 Å². The van der Waals surface area contributed by atoms with Crippen LogP contribution in [-0.2, 0) is 13.6 Å². The third-order valence-corrected chi connectivity index (χ3v) is 4.57. The molecule has 6 nitrogen and oxygen atoms in total. The van der Waals surface area contributed by atoms with E-state index in [2.05, 4.69) is 15.5 Å². The van der Waals surface area contributed by atoms with Crippen LogP contribution in [0.2, 0.25) is 5.02 Å². The summed E-state index contributed by atoms with van der Waals surface area (Å²) in [6.07, 6.45) is 0. The molecule has 25 heavy (non-hydrogen) atoms. The number of para-hydroxylation sites is 1. The van der Waals surface area contributed by atoms with Crippen LogP contribution >= 0.6 is 11.6 Å². The summed E-state index contributed by atoms with van der Waals surface area (Å²) >= 11 is 6.28. The minimum atomic E-state index is -0.0865. The Bertz CT molecular complexity index is 1160. The first kappa shape index (κ1) is 15.7. The molecule has 0 saturated heterocycles. The molecule has 126 valence electrons. The molecule has 7 heteroatoms. The Morgan fingerprint density at radius 3 is 2.76 bits per heavy atom. The van der Waals surface area contributed by atoms with Crippen molar-refractivity contribution in [2.45, 2.75) is 13.5 Å². The lowest BCUT2D eigenvalue weighted by atomic mass is 10.2. The van der Waals surface area contributed by atoms with Gasteiger partial charge < -0.3 is 5.32 Å². The molecule has 0 unspecified atom stereocenters. The SMILES string of the molecule is Cc1ccc(NCc2nnc3n(C)c(=O)c4ccccc4n23)c(Cl)c1. The number of aromatic nitrogens is 4. The average molecular weight is 354 g/mol. The van der Waals surface area contributed by atoms with Crippen molar-refractivity contribution in [2.75, 3.05) is 5.32 Å². The van der Waals surface area contributed by atoms with Crippen LogP contribution in [0.25, 0.3) is 16.7 Å². The van der Waals surface area contributed by atoms with Crippen molar-refractivity contribution in [3.63, 3.8) is 0 Å². The molecule has 0 atom stereocenters. The van der Waals surface area contributed by atoms with Gasteiger partial charge in [-0.1, -0.05) is 29.8 Å². The fourth-order valence-corrected chi connectivity index (χ4v) is 3.25. The third kappa shape index (κ3) is 2.55. The van der Waals surface area contributed by atoms with Gasteiger partial charge in [0.05, 0.1) is 28.2 Å². The predicted octanol–water partition coefficient (Wildman–Crippen LogP) is 3.16. The van der Waals surface area contributed by atoms with Gasteiger partial charge in [-0.15, -0.1) is 10.2 Å². The van der Waals surface area contributed by atoms with Gasteiger partial charge >= 0.3 is 0 Å². The summed E-state index contributed by atoms with van der Waals surface area (Å²) < 4.78 is 3.41. The molecule has 4 aromatic rings. The maximum absolute atomic E-state index is 12.5. The lowest BCUT2D eigenvalue weighted by molar-refractivity contribution is 0.855. The summed E-state index contributed by atoms with van der Waals surface area (Å²) in [5, 5.41) is 13.0. The van der Waals surface area contributed by atoms with E-state index in [0.717, 1.165) is 16.8 Å². The number of nitrogens with one attached hydrogen (secondary N) is 1. The van der Waals surface area contributed by atoms with Gasteiger partial charge in [-0.2, -0.15) is 0 Å². The molecule has 0 radical (unpaired) electrons. The molecule has 2 aromatic carbocycles. The largest absolute Gasteiger partial charge is 0.377 e. The summed E-state index contributed by atoms with van der Waals surface area (Å²) in [4.78, 5) is 12.5. The summed E-state index contributed by atoms with van der Waals surface area (Å²) in [5.41, 5.74) is 2.64. The number of halogens is 1. The Kier molecular flexibility index (Phi) is 3.69. The molecule has 0 aliphatic carbocycles. The van der Waals surface area contributed by atoms with E-state index in [1.807, 2.05) is 53.8 Å². The topological polar surface area (TPSA) is 64.2 Å². The lowest BCUT2D eigenvalue weighted by Crippen LogP contribution is -2.20. The quantitative estimate of drug-likeness (QED) is 0.614. The van der Waals surface area contributed by atoms with Crippen LogP contribution in [-0.4, -0.2) is 19.2 Å². The zero-order chi connectivity index (χ0) is 17.6. The number of hydrogen-bond acceptors (Lipinski definition) is 4. The first-order chi connectivity index (χ1) is 12.1. The molecule has 0 saturated carbocycles. The molecule has 0 bridgehead atoms. The van der Waals surface area contributed by atoms with Gasteiger partial charge in [-0.05, 0) is 36.8 Å². The van der Waals surface area contributed by atoms with Crippen LogP contribution in [0.1, 0.15) is 11.4 Å². The minimum Gasteiger partial charge on any atom is -0.377 e. The van der Waals surface area contributed by atoms with E-state index in [9.17, 15) is 4.79 Å². The van der Waals surface area contributed by atoms with E-state index in [1.54, 1.807) is 7.05 Å². The highest BCUT2D eigenvalue weighted by Gasteiger charge is 2.14. The van der Waals surface area contributed by atoms with E-state index >= 15 is 0 Å². The Morgan fingerprint density at radius 2 is 1.96 bits per heavy atom. The summed E-state index contributed by atoms with van der Waals surface area (Å²) in [5.74, 6) is 1.22. The molecular weight excluding hydrogens is 338 g/mol. The van der Waals surface area contributed by atoms with E-state index in [4.69, 9.17) is 11.6 Å². The van der Waals surface area contributed by atoms with Gasteiger partial charge in [0.2, 0.25) is 5.78 Å². The molecule has 0 fully saturated rings. The minimum absolute atomic E-state index is 0.0865. The van der Waals surface area contributed by atoms with Crippen molar-refractivity contribution in [3.8, 4) is 0 Å². The van der Waals surface area contributed by atoms with Crippen LogP contribution in [0.3, 0.4) is 0 Å². The highest BCUT2D eigenvalue weighted by molar-refractivity contribution is 6.33. The third-order valence-electron chi connectivity index (χ3n) is 4.25. The number of nitrogens with zero attached hydrogens (tertiary/aromatic N) is 4. The van der Waals surface area contributed by atoms with Crippen molar-refractivity contribution in [1.29, 1.82) is 0 Å². The number of fused-ring (bicyclic) bond motifs is 3. The molecule has 0 aliphatic rings. The second-order valence-electron chi connectivity index (χ2n) is 5.97. The van der Waals surface area contributed by atoms with Crippen molar-refractivity contribution in [1.82, 2.24) is 19.2 Å². The van der Waals surface area contributed by atoms with E-state index < -0.39 is 0 Å². The average Bonchev–Trinajstić information content (AvgIpc) is 3.03. The highest BCUT2D eigenvalue weighted by Crippen LogP contribution is 2.23. The number of rotatable bonds is 3. The van der Waals surface area contributed by atoms with Gasteiger partial charge in [0.25, 0.3) is 5.56 Å². The van der Waals surface area contributed by atoms with E-state index in [-0.39, 0.29) is 5.56 Å².